The predicted molar refractivity (Wildman–Crippen MR) is 122 cm³/mol. The average molecular weight is 420 g/mol. The Labute approximate surface area is 180 Å². The molecule has 30 heavy (non-hydrogen) atoms. The fourth-order valence-corrected chi connectivity index (χ4v) is 2.90. The molecule has 2 amide bonds. The lowest BCUT2D eigenvalue weighted by atomic mass is 10.2. The Kier molecular flexibility index (Phi) is 7.13. The van der Waals surface area contributed by atoms with E-state index in [2.05, 4.69) is 16.0 Å². The third-order valence-electron chi connectivity index (χ3n) is 4.05. The molecule has 7 heteroatoms. The molecule has 3 rings (SSSR count). The Morgan fingerprint density at radius 3 is 2.20 bits per heavy atom. The predicted octanol–water partition coefficient (Wildman–Crippen LogP) is 4.46. The molecule has 0 spiro atoms. The van der Waals surface area contributed by atoms with Crippen LogP contribution in [0.15, 0.2) is 78.9 Å². The highest BCUT2D eigenvalue weighted by molar-refractivity contribution is 7.80. The number of ether oxygens (including phenoxy) is 1. The minimum absolute atomic E-state index is 0.127. The largest absolute Gasteiger partial charge is 0.494 e. The maximum Gasteiger partial charge on any atom is 0.257 e. The van der Waals surface area contributed by atoms with E-state index < -0.39 is 0 Å². The van der Waals surface area contributed by atoms with Gasteiger partial charge >= 0.3 is 0 Å². The smallest absolute Gasteiger partial charge is 0.257 e. The summed E-state index contributed by atoms with van der Waals surface area (Å²) in [5.41, 5.74) is 2.19. The molecular formula is C23H21N3O3S. The zero-order chi connectivity index (χ0) is 21.3. The first kappa shape index (κ1) is 21.0. The van der Waals surface area contributed by atoms with Crippen LogP contribution in [0.25, 0.3) is 0 Å². The molecule has 0 aliphatic rings. The van der Waals surface area contributed by atoms with Gasteiger partial charge < -0.3 is 15.4 Å². The van der Waals surface area contributed by atoms with Gasteiger partial charge in [-0.25, -0.2) is 0 Å². The molecule has 0 saturated carbocycles. The number of carbonyl (C=O) groups excluding carboxylic acids is 2. The molecule has 0 saturated heterocycles. The Bertz CT molecular complexity index is 1050. The van der Waals surface area contributed by atoms with E-state index in [4.69, 9.17) is 17.0 Å². The van der Waals surface area contributed by atoms with Gasteiger partial charge in [0.2, 0.25) is 0 Å². The van der Waals surface area contributed by atoms with E-state index in [9.17, 15) is 9.59 Å². The summed E-state index contributed by atoms with van der Waals surface area (Å²) in [7, 11) is 0. The zero-order valence-corrected chi connectivity index (χ0v) is 17.2. The molecule has 3 aromatic rings. The Balaban J connectivity index is 1.61. The van der Waals surface area contributed by atoms with Gasteiger partial charge in [0.05, 0.1) is 6.61 Å². The highest BCUT2D eigenvalue weighted by Crippen LogP contribution is 2.15. The molecule has 0 aliphatic carbocycles. The second-order valence-corrected chi connectivity index (χ2v) is 6.68. The monoisotopic (exact) mass is 419 g/mol. The van der Waals surface area contributed by atoms with Gasteiger partial charge in [-0.3, -0.25) is 14.9 Å². The Morgan fingerprint density at radius 1 is 0.800 bits per heavy atom. The van der Waals surface area contributed by atoms with Crippen LogP contribution >= 0.6 is 12.2 Å². The van der Waals surface area contributed by atoms with Crippen LogP contribution in [-0.2, 0) is 0 Å². The van der Waals surface area contributed by atoms with E-state index in [1.165, 1.54) is 0 Å². The second kappa shape index (κ2) is 10.2. The van der Waals surface area contributed by atoms with Crippen LogP contribution in [0.2, 0.25) is 0 Å². The molecule has 3 N–H and O–H groups in total. The Hall–Kier alpha value is -3.71. The molecular weight excluding hydrogens is 398 g/mol. The number of nitrogens with one attached hydrogen (secondary N) is 3. The standard InChI is InChI=1S/C23H21N3O3S/c1-2-29-20-13-7-9-17(15-20)22(28)26-23(30)25-19-12-6-8-16(14-19)21(27)24-18-10-4-3-5-11-18/h3-15H,2H2,1H3,(H,24,27)(H2,25,26,28,30). The van der Waals surface area contributed by atoms with Crippen LogP contribution in [0.4, 0.5) is 11.4 Å². The lowest BCUT2D eigenvalue weighted by molar-refractivity contribution is 0.0975. The summed E-state index contributed by atoms with van der Waals surface area (Å²) in [6, 6.07) is 22.9. The topological polar surface area (TPSA) is 79.5 Å². The van der Waals surface area contributed by atoms with Crippen molar-refractivity contribution in [3.63, 3.8) is 0 Å². The van der Waals surface area contributed by atoms with E-state index in [-0.39, 0.29) is 16.9 Å². The van der Waals surface area contributed by atoms with Crippen molar-refractivity contribution in [2.24, 2.45) is 0 Å². The van der Waals surface area contributed by atoms with Crippen molar-refractivity contribution >= 4 is 40.5 Å². The lowest BCUT2D eigenvalue weighted by Crippen LogP contribution is -2.34. The van der Waals surface area contributed by atoms with Gasteiger partial charge in [0, 0.05) is 22.5 Å². The fraction of sp³-hybridized carbons (Fsp3) is 0.0870. The summed E-state index contributed by atoms with van der Waals surface area (Å²) in [4.78, 5) is 24.9. The van der Waals surface area contributed by atoms with Gasteiger partial charge in [-0.1, -0.05) is 30.3 Å². The summed E-state index contributed by atoms with van der Waals surface area (Å²) in [5, 5.41) is 8.51. The van der Waals surface area contributed by atoms with Gasteiger partial charge in [-0.2, -0.15) is 0 Å². The van der Waals surface area contributed by atoms with Gasteiger partial charge in [0.25, 0.3) is 11.8 Å². The number of hydrogen-bond donors (Lipinski definition) is 3. The molecule has 0 bridgehead atoms. The van der Waals surface area contributed by atoms with Crippen LogP contribution in [0.3, 0.4) is 0 Å². The number of rotatable bonds is 6. The molecule has 6 nitrogen and oxygen atoms in total. The molecule has 152 valence electrons. The number of amides is 2. The highest BCUT2D eigenvalue weighted by Gasteiger charge is 2.11. The minimum atomic E-state index is -0.355. The first-order valence-corrected chi connectivity index (χ1v) is 9.77. The van der Waals surface area contributed by atoms with E-state index in [1.54, 1.807) is 48.5 Å². The Morgan fingerprint density at radius 2 is 1.47 bits per heavy atom. The van der Waals surface area contributed by atoms with Crippen LogP contribution < -0.4 is 20.7 Å². The van der Waals surface area contributed by atoms with Gasteiger partial charge in [0.1, 0.15) is 5.75 Å². The van der Waals surface area contributed by atoms with Crippen LogP contribution in [0, 0.1) is 0 Å². The van der Waals surface area contributed by atoms with E-state index in [1.807, 2.05) is 37.3 Å². The maximum absolute atomic E-state index is 12.4. The third-order valence-corrected chi connectivity index (χ3v) is 4.25. The molecule has 0 atom stereocenters. The molecule has 3 aromatic carbocycles. The van der Waals surface area contributed by atoms with Gasteiger partial charge in [-0.15, -0.1) is 0 Å². The molecule has 0 aromatic heterocycles. The average Bonchev–Trinajstić information content (AvgIpc) is 2.75. The van der Waals surface area contributed by atoms with Crippen molar-refractivity contribution in [3.8, 4) is 5.75 Å². The maximum atomic E-state index is 12.4. The fourth-order valence-electron chi connectivity index (χ4n) is 2.69. The van der Waals surface area contributed by atoms with Crippen molar-refractivity contribution < 1.29 is 14.3 Å². The number of carbonyl (C=O) groups is 2. The normalized spacial score (nSPS) is 10.0. The molecule has 0 fully saturated rings. The third kappa shape index (κ3) is 5.89. The number of para-hydroxylation sites is 1. The molecule has 0 heterocycles. The van der Waals surface area contributed by atoms with Crippen molar-refractivity contribution in [2.45, 2.75) is 6.92 Å². The molecule has 0 unspecified atom stereocenters. The quantitative estimate of drug-likeness (QED) is 0.514. The summed E-state index contributed by atoms with van der Waals surface area (Å²) in [5.74, 6) is 0.0146. The van der Waals surface area contributed by atoms with Crippen molar-refractivity contribution in [1.82, 2.24) is 5.32 Å². The first-order valence-electron chi connectivity index (χ1n) is 9.37. The lowest BCUT2D eigenvalue weighted by Gasteiger charge is -2.11. The molecule has 0 radical (unpaired) electrons. The highest BCUT2D eigenvalue weighted by atomic mass is 32.1. The minimum Gasteiger partial charge on any atom is -0.494 e. The zero-order valence-electron chi connectivity index (χ0n) is 16.3. The van der Waals surface area contributed by atoms with Gasteiger partial charge in [0.15, 0.2) is 5.11 Å². The van der Waals surface area contributed by atoms with Crippen molar-refractivity contribution in [1.29, 1.82) is 0 Å². The number of thiocarbonyl (C=S) groups is 1. The van der Waals surface area contributed by atoms with Crippen LogP contribution in [0.5, 0.6) is 5.75 Å². The van der Waals surface area contributed by atoms with Crippen molar-refractivity contribution in [3.05, 3.63) is 90.0 Å². The summed E-state index contributed by atoms with van der Waals surface area (Å²) in [6.07, 6.45) is 0. The number of anilines is 2. The number of benzene rings is 3. The second-order valence-electron chi connectivity index (χ2n) is 6.27. The summed E-state index contributed by atoms with van der Waals surface area (Å²) in [6.45, 7) is 2.39. The van der Waals surface area contributed by atoms with Crippen LogP contribution in [-0.4, -0.2) is 23.5 Å². The van der Waals surface area contributed by atoms with Gasteiger partial charge in [-0.05, 0) is 67.7 Å². The van der Waals surface area contributed by atoms with Crippen LogP contribution in [0.1, 0.15) is 27.6 Å². The SMILES string of the molecule is CCOc1cccc(C(=O)NC(=S)Nc2cccc(C(=O)Nc3ccccc3)c2)c1. The van der Waals surface area contributed by atoms with Crippen molar-refractivity contribution in [2.75, 3.05) is 17.2 Å². The van der Waals surface area contributed by atoms with E-state index in [0.717, 1.165) is 0 Å². The molecule has 0 aliphatic heterocycles. The first-order chi connectivity index (χ1) is 14.5. The number of hydrogen-bond acceptors (Lipinski definition) is 4. The van der Waals surface area contributed by atoms with E-state index in [0.29, 0.717) is 34.9 Å². The summed E-state index contributed by atoms with van der Waals surface area (Å²) < 4.78 is 5.41. The summed E-state index contributed by atoms with van der Waals surface area (Å²) >= 11 is 5.24. The van der Waals surface area contributed by atoms with E-state index >= 15 is 0 Å².